The number of rotatable bonds is 5. The van der Waals surface area contributed by atoms with E-state index in [1.807, 2.05) is 19.1 Å². The van der Waals surface area contributed by atoms with Crippen LogP contribution in [0.5, 0.6) is 0 Å². The van der Waals surface area contributed by atoms with Gasteiger partial charge in [-0.3, -0.25) is 4.79 Å². The molecule has 98 valence electrons. The highest BCUT2D eigenvalue weighted by Crippen LogP contribution is 2.18. The summed E-state index contributed by atoms with van der Waals surface area (Å²) in [6.07, 6.45) is 1.13. The van der Waals surface area contributed by atoms with Crippen molar-refractivity contribution >= 4 is 27.8 Å². The zero-order chi connectivity index (χ0) is 13.5. The minimum atomic E-state index is -0.748. The SMILES string of the molecule is CCCC(=O)N[C@@H](C(=O)OC)c1ccc(Br)cc1. The van der Waals surface area contributed by atoms with Gasteiger partial charge in [0.1, 0.15) is 0 Å². The zero-order valence-electron chi connectivity index (χ0n) is 10.4. The Labute approximate surface area is 115 Å². The predicted octanol–water partition coefficient (Wildman–Crippen LogP) is 2.58. The van der Waals surface area contributed by atoms with E-state index in [2.05, 4.69) is 21.2 Å². The quantitative estimate of drug-likeness (QED) is 0.850. The second-order valence-electron chi connectivity index (χ2n) is 3.83. The number of amides is 1. The molecule has 0 fully saturated rings. The first-order chi connectivity index (χ1) is 8.58. The van der Waals surface area contributed by atoms with E-state index in [1.165, 1.54) is 7.11 Å². The number of ether oxygens (including phenoxy) is 1. The standard InChI is InChI=1S/C13H16BrNO3/c1-3-4-11(16)15-12(13(17)18-2)9-5-7-10(14)8-6-9/h5-8,12H,3-4H2,1-2H3,(H,15,16)/t12-/m1/s1. The zero-order valence-corrected chi connectivity index (χ0v) is 12.0. The Morgan fingerprint density at radius 1 is 1.33 bits per heavy atom. The number of carbonyl (C=O) groups is 2. The van der Waals surface area contributed by atoms with Gasteiger partial charge in [0.15, 0.2) is 6.04 Å². The molecule has 1 aromatic rings. The van der Waals surface area contributed by atoms with E-state index in [-0.39, 0.29) is 5.91 Å². The molecular weight excluding hydrogens is 298 g/mol. The highest BCUT2D eigenvalue weighted by Gasteiger charge is 2.22. The van der Waals surface area contributed by atoms with Crippen LogP contribution in [0.4, 0.5) is 0 Å². The maximum absolute atomic E-state index is 11.7. The van der Waals surface area contributed by atoms with Crippen molar-refractivity contribution in [3.63, 3.8) is 0 Å². The molecule has 0 spiro atoms. The van der Waals surface area contributed by atoms with Crippen molar-refractivity contribution in [3.8, 4) is 0 Å². The molecule has 1 aromatic carbocycles. The smallest absolute Gasteiger partial charge is 0.333 e. The Kier molecular flexibility index (Phi) is 5.85. The second kappa shape index (κ2) is 7.16. The van der Waals surface area contributed by atoms with Gasteiger partial charge in [-0.05, 0) is 24.1 Å². The van der Waals surface area contributed by atoms with Crippen LogP contribution in [0.1, 0.15) is 31.4 Å². The van der Waals surface area contributed by atoms with Crippen LogP contribution in [0, 0.1) is 0 Å². The van der Waals surface area contributed by atoms with E-state index in [1.54, 1.807) is 12.1 Å². The van der Waals surface area contributed by atoms with Crippen LogP contribution in [0.15, 0.2) is 28.7 Å². The van der Waals surface area contributed by atoms with E-state index in [0.717, 1.165) is 10.9 Å². The van der Waals surface area contributed by atoms with Crippen molar-refractivity contribution in [1.29, 1.82) is 0 Å². The van der Waals surface area contributed by atoms with Gasteiger partial charge in [0.05, 0.1) is 7.11 Å². The summed E-state index contributed by atoms with van der Waals surface area (Å²) >= 11 is 3.32. The van der Waals surface area contributed by atoms with Gasteiger partial charge in [-0.25, -0.2) is 4.79 Å². The Bertz CT molecular complexity index is 417. The fourth-order valence-corrected chi connectivity index (χ4v) is 1.78. The molecule has 1 amide bonds. The van der Waals surface area contributed by atoms with E-state index in [9.17, 15) is 9.59 Å². The van der Waals surface area contributed by atoms with Crippen LogP contribution in [0.3, 0.4) is 0 Å². The van der Waals surface area contributed by atoms with Gasteiger partial charge in [0.2, 0.25) is 5.91 Å². The molecule has 0 aromatic heterocycles. The molecular formula is C13H16BrNO3. The van der Waals surface area contributed by atoms with Crippen LogP contribution in [0.25, 0.3) is 0 Å². The van der Waals surface area contributed by atoms with Gasteiger partial charge in [-0.15, -0.1) is 0 Å². The molecule has 0 heterocycles. The predicted molar refractivity (Wildman–Crippen MR) is 71.9 cm³/mol. The van der Waals surface area contributed by atoms with Gasteiger partial charge in [0.25, 0.3) is 0 Å². The summed E-state index contributed by atoms with van der Waals surface area (Å²) in [6.45, 7) is 1.91. The van der Waals surface area contributed by atoms with Gasteiger partial charge in [-0.1, -0.05) is 35.0 Å². The summed E-state index contributed by atoms with van der Waals surface area (Å²) in [6, 6.07) is 6.44. The summed E-state index contributed by atoms with van der Waals surface area (Å²) in [5.41, 5.74) is 0.703. The average molecular weight is 314 g/mol. The largest absolute Gasteiger partial charge is 0.467 e. The lowest BCUT2D eigenvalue weighted by Crippen LogP contribution is -2.34. The van der Waals surface area contributed by atoms with Crippen LogP contribution in [0.2, 0.25) is 0 Å². The Morgan fingerprint density at radius 2 is 1.94 bits per heavy atom. The number of esters is 1. The van der Waals surface area contributed by atoms with Gasteiger partial charge < -0.3 is 10.1 Å². The topological polar surface area (TPSA) is 55.4 Å². The number of benzene rings is 1. The molecule has 5 heteroatoms. The lowest BCUT2D eigenvalue weighted by molar-refractivity contribution is -0.145. The Hall–Kier alpha value is -1.36. The normalized spacial score (nSPS) is 11.7. The average Bonchev–Trinajstić information content (AvgIpc) is 2.36. The van der Waals surface area contributed by atoms with Crippen LogP contribution >= 0.6 is 15.9 Å². The Morgan fingerprint density at radius 3 is 2.44 bits per heavy atom. The van der Waals surface area contributed by atoms with Gasteiger partial charge >= 0.3 is 5.97 Å². The second-order valence-corrected chi connectivity index (χ2v) is 4.74. The van der Waals surface area contributed by atoms with E-state index in [0.29, 0.717) is 12.0 Å². The minimum absolute atomic E-state index is 0.157. The number of nitrogens with one attached hydrogen (secondary N) is 1. The lowest BCUT2D eigenvalue weighted by Gasteiger charge is -2.16. The molecule has 1 rings (SSSR count). The summed E-state index contributed by atoms with van der Waals surface area (Å²) in [4.78, 5) is 23.3. The highest BCUT2D eigenvalue weighted by atomic mass is 79.9. The van der Waals surface area contributed by atoms with E-state index in [4.69, 9.17) is 4.74 Å². The molecule has 0 saturated carbocycles. The molecule has 0 unspecified atom stereocenters. The maximum atomic E-state index is 11.7. The number of methoxy groups -OCH3 is 1. The molecule has 18 heavy (non-hydrogen) atoms. The molecule has 0 saturated heterocycles. The summed E-state index contributed by atoms with van der Waals surface area (Å²) in [7, 11) is 1.31. The van der Waals surface area contributed by atoms with Crippen molar-refractivity contribution in [3.05, 3.63) is 34.3 Å². The van der Waals surface area contributed by atoms with Crippen molar-refractivity contribution in [2.75, 3.05) is 7.11 Å². The summed E-state index contributed by atoms with van der Waals surface area (Å²) in [5, 5.41) is 2.68. The number of hydrogen-bond donors (Lipinski definition) is 1. The number of carbonyl (C=O) groups excluding carboxylic acids is 2. The maximum Gasteiger partial charge on any atom is 0.333 e. The van der Waals surface area contributed by atoms with Crippen LogP contribution in [-0.4, -0.2) is 19.0 Å². The summed E-state index contributed by atoms with van der Waals surface area (Å²) in [5.74, 6) is -0.627. The van der Waals surface area contributed by atoms with Crippen LogP contribution < -0.4 is 5.32 Å². The van der Waals surface area contributed by atoms with Crippen LogP contribution in [-0.2, 0) is 14.3 Å². The molecule has 0 aliphatic heterocycles. The lowest BCUT2D eigenvalue weighted by atomic mass is 10.1. The minimum Gasteiger partial charge on any atom is -0.467 e. The van der Waals surface area contributed by atoms with Crippen molar-refractivity contribution in [2.45, 2.75) is 25.8 Å². The third-order valence-electron chi connectivity index (χ3n) is 2.42. The van der Waals surface area contributed by atoms with Gasteiger partial charge in [0, 0.05) is 10.9 Å². The third-order valence-corrected chi connectivity index (χ3v) is 2.95. The highest BCUT2D eigenvalue weighted by molar-refractivity contribution is 9.10. The Balaban J connectivity index is 2.88. The first-order valence-electron chi connectivity index (χ1n) is 5.71. The molecule has 1 atom stereocenters. The fourth-order valence-electron chi connectivity index (χ4n) is 1.51. The molecule has 0 bridgehead atoms. The van der Waals surface area contributed by atoms with Crippen molar-refractivity contribution in [2.24, 2.45) is 0 Å². The first-order valence-corrected chi connectivity index (χ1v) is 6.50. The molecule has 4 nitrogen and oxygen atoms in total. The molecule has 0 aliphatic carbocycles. The van der Waals surface area contributed by atoms with E-state index >= 15 is 0 Å². The monoisotopic (exact) mass is 313 g/mol. The van der Waals surface area contributed by atoms with Crippen molar-refractivity contribution in [1.82, 2.24) is 5.32 Å². The molecule has 1 N–H and O–H groups in total. The molecule has 0 radical (unpaired) electrons. The fraction of sp³-hybridized carbons (Fsp3) is 0.385. The first kappa shape index (κ1) is 14.7. The number of halogens is 1. The third kappa shape index (κ3) is 4.14. The summed E-state index contributed by atoms with van der Waals surface area (Å²) < 4.78 is 5.62. The number of hydrogen-bond acceptors (Lipinski definition) is 3. The van der Waals surface area contributed by atoms with Gasteiger partial charge in [-0.2, -0.15) is 0 Å². The van der Waals surface area contributed by atoms with Crippen molar-refractivity contribution < 1.29 is 14.3 Å². The molecule has 0 aliphatic rings. The van der Waals surface area contributed by atoms with E-state index < -0.39 is 12.0 Å².